The second-order valence-electron chi connectivity index (χ2n) is 7.52. The van der Waals surface area contributed by atoms with Crippen LogP contribution in [0.4, 0.5) is 10.1 Å². The van der Waals surface area contributed by atoms with Crippen LogP contribution in [0.3, 0.4) is 0 Å². The predicted molar refractivity (Wildman–Crippen MR) is 127 cm³/mol. The van der Waals surface area contributed by atoms with E-state index in [1.165, 1.54) is 23.1 Å². The zero-order valence-electron chi connectivity index (χ0n) is 18.1. The minimum Gasteiger partial charge on any atom is -0.323 e. The molecule has 1 amide bonds. The number of carbonyl (C=O) groups excluding carboxylic acids is 1. The van der Waals surface area contributed by atoms with Gasteiger partial charge in [-0.25, -0.2) is 9.37 Å². The van der Waals surface area contributed by atoms with E-state index in [0.29, 0.717) is 0 Å². The molecule has 0 bridgehead atoms. The molecule has 0 saturated heterocycles. The van der Waals surface area contributed by atoms with Crippen LogP contribution in [0, 0.1) is 19.7 Å². The minimum absolute atomic E-state index is 0.238. The third kappa shape index (κ3) is 5.00. The summed E-state index contributed by atoms with van der Waals surface area (Å²) in [5, 5.41) is 8.23. The largest absolute Gasteiger partial charge is 0.323 e. The highest BCUT2D eigenvalue weighted by Crippen LogP contribution is 2.25. The normalized spacial score (nSPS) is 11.2. The third-order valence-corrected chi connectivity index (χ3v) is 6.22. The Balaban J connectivity index is 1.41. The van der Waals surface area contributed by atoms with Gasteiger partial charge in [0.05, 0.1) is 22.6 Å². The molecule has 0 atom stereocenters. The van der Waals surface area contributed by atoms with Gasteiger partial charge in [-0.15, -0.1) is 11.3 Å². The average Bonchev–Trinajstić information content (AvgIpc) is 3.29. The number of nitrogens with zero attached hydrogens (tertiary/aromatic N) is 3. The number of thiazole rings is 1. The van der Waals surface area contributed by atoms with Crippen molar-refractivity contribution in [3.05, 3.63) is 93.3 Å². The molecular weight excluding hydrogens is 423 g/mol. The number of halogens is 1. The fraction of sp³-hybridized carbons (Fsp3) is 0.160. The standard InChI is InChI=1S/C25H23FN4OS/c1-16-17(2)32-24(28-16)14-18-4-11-22(12-5-18)29-23(31)13-8-20-15-27-30(3)25(20)19-6-9-21(26)10-7-19/h4-13,15H,14H2,1-3H3,(H,29,31)/b13-8+. The maximum atomic E-state index is 13.2. The van der Waals surface area contributed by atoms with Crippen molar-refractivity contribution in [1.29, 1.82) is 0 Å². The minimum atomic E-state index is -0.296. The number of rotatable bonds is 6. The van der Waals surface area contributed by atoms with Gasteiger partial charge >= 0.3 is 0 Å². The number of nitrogens with one attached hydrogen (secondary N) is 1. The maximum Gasteiger partial charge on any atom is 0.248 e. The number of anilines is 1. The summed E-state index contributed by atoms with van der Waals surface area (Å²) < 4.78 is 15.0. The van der Waals surface area contributed by atoms with Gasteiger partial charge in [-0.2, -0.15) is 5.10 Å². The molecule has 0 aliphatic heterocycles. The van der Waals surface area contributed by atoms with E-state index in [4.69, 9.17) is 0 Å². The zero-order chi connectivity index (χ0) is 22.7. The fourth-order valence-corrected chi connectivity index (χ4v) is 4.35. The molecule has 0 saturated carbocycles. The first-order valence-corrected chi connectivity index (χ1v) is 11.0. The highest BCUT2D eigenvalue weighted by Gasteiger charge is 2.10. The Kier molecular flexibility index (Phi) is 6.28. The molecule has 0 aliphatic rings. The van der Waals surface area contributed by atoms with Crippen LogP contribution in [0.1, 0.15) is 26.7 Å². The fourth-order valence-electron chi connectivity index (χ4n) is 3.38. The van der Waals surface area contributed by atoms with Crippen molar-refractivity contribution >= 4 is 29.0 Å². The Morgan fingerprint density at radius 3 is 2.50 bits per heavy atom. The van der Waals surface area contributed by atoms with Crippen LogP contribution in [-0.4, -0.2) is 20.7 Å². The second kappa shape index (κ2) is 9.28. The first-order chi connectivity index (χ1) is 15.4. The van der Waals surface area contributed by atoms with Gasteiger partial charge in [0.15, 0.2) is 0 Å². The summed E-state index contributed by atoms with van der Waals surface area (Å²) in [7, 11) is 1.81. The lowest BCUT2D eigenvalue weighted by molar-refractivity contribution is -0.111. The average molecular weight is 447 g/mol. The van der Waals surface area contributed by atoms with E-state index < -0.39 is 0 Å². The van der Waals surface area contributed by atoms with E-state index >= 15 is 0 Å². The molecule has 2 aromatic carbocycles. The number of hydrogen-bond acceptors (Lipinski definition) is 4. The van der Waals surface area contributed by atoms with E-state index in [0.717, 1.165) is 45.2 Å². The Hall–Kier alpha value is -3.58. The van der Waals surface area contributed by atoms with E-state index in [1.807, 2.05) is 38.2 Å². The predicted octanol–water partition coefficient (Wildman–Crippen LogP) is 5.54. The van der Waals surface area contributed by atoms with Crippen molar-refractivity contribution in [1.82, 2.24) is 14.8 Å². The van der Waals surface area contributed by atoms with Crippen LogP contribution in [-0.2, 0) is 18.3 Å². The van der Waals surface area contributed by atoms with Gasteiger partial charge in [-0.05, 0) is 61.9 Å². The highest BCUT2D eigenvalue weighted by molar-refractivity contribution is 7.11. The van der Waals surface area contributed by atoms with Crippen molar-refractivity contribution in [2.75, 3.05) is 5.32 Å². The van der Waals surface area contributed by atoms with Crippen molar-refractivity contribution in [2.45, 2.75) is 20.3 Å². The van der Waals surface area contributed by atoms with E-state index in [2.05, 4.69) is 22.3 Å². The molecule has 2 heterocycles. The van der Waals surface area contributed by atoms with Gasteiger partial charge in [0, 0.05) is 41.2 Å². The Morgan fingerprint density at radius 2 is 1.84 bits per heavy atom. The van der Waals surface area contributed by atoms with Gasteiger partial charge in [0.25, 0.3) is 0 Å². The number of carbonyl (C=O) groups is 1. The smallest absolute Gasteiger partial charge is 0.248 e. The number of aryl methyl sites for hydroxylation is 3. The summed E-state index contributed by atoms with van der Waals surface area (Å²) in [5.74, 6) is -0.534. The van der Waals surface area contributed by atoms with Crippen molar-refractivity contribution in [3.8, 4) is 11.3 Å². The molecule has 4 rings (SSSR count). The molecule has 32 heavy (non-hydrogen) atoms. The SMILES string of the molecule is Cc1nc(Cc2ccc(NC(=O)/C=C/c3cnn(C)c3-c3ccc(F)cc3)cc2)sc1C. The second-order valence-corrected chi connectivity index (χ2v) is 8.81. The van der Waals surface area contributed by atoms with Gasteiger partial charge < -0.3 is 5.32 Å². The molecule has 0 unspecified atom stereocenters. The summed E-state index contributed by atoms with van der Waals surface area (Å²) in [6, 6.07) is 14.0. The van der Waals surface area contributed by atoms with Gasteiger partial charge in [0.1, 0.15) is 5.82 Å². The van der Waals surface area contributed by atoms with Crippen LogP contribution < -0.4 is 5.32 Å². The number of benzene rings is 2. The van der Waals surface area contributed by atoms with Gasteiger partial charge in [-0.3, -0.25) is 9.48 Å². The van der Waals surface area contributed by atoms with Crippen molar-refractivity contribution in [3.63, 3.8) is 0 Å². The molecular formula is C25H23FN4OS. The van der Waals surface area contributed by atoms with Crippen LogP contribution in [0.15, 0.2) is 60.8 Å². The molecule has 7 heteroatoms. The first kappa shape index (κ1) is 21.6. The van der Waals surface area contributed by atoms with Gasteiger partial charge in [0.2, 0.25) is 5.91 Å². The van der Waals surface area contributed by atoms with Crippen LogP contribution in [0.2, 0.25) is 0 Å². The van der Waals surface area contributed by atoms with Crippen LogP contribution in [0.25, 0.3) is 17.3 Å². The van der Waals surface area contributed by atoms with E-state index in [1.54, 1.807) is 40.4 Å². The molecule has 4 aromatic rings. The molecule has 2 aromatic heterocycles. The topological polar surface area (TPSA) is 59.8 Å². The maximum absolute atomic E-state index is 13.2. The summed E-state index contributed by atoms with van der Waals surface area (Å²) in [6.07, 6.45) is 5.64. The van der Waals surface area contributed by atoms with Crippen molar-refractivity contribution < 1.29 is 9.18 Å². The van der Waals surface area contributed by atoms with Crippen LogP contribution >= 0.6 is 11.3 Å². The number of hydrogen-bond donors (Lipinski definition) is 1. The van der Waals surface area contributed by atoms with E-state index in [9.17, 15) is 9.18 Å². The van der Waals surface area contributed by atoms with Crippen molar-refractivity contribution in [2.24, 2.45) is 7.05 Å². The van der Waals surface area contributed by atoms with Gasteiger partial charge in [-0.1, -0.05) is 12.1 Å². The monoisotopic (exact) mass is 446 g/mol. The molecule has 1 N–H and O–H groups in total. The molecule has 0 spiro atoms. The summed E-state index contributed by atoms with van der Waals surface area (Å²) >= 11 is 1.72. The number of amides is 1. The lowest BCUT2D eigenvalue weighted by Crippen LogP contribution is -2.07. The lowest BCUT2D eigenvalue weighted by Gasteiger charge is -2.05. The quantitative estimate of drug-likeness (QED) is 0.396. The summed E-state index contributed by atoms with van der Waals surface area (Å²) in [5.41, 5.74) is 5.36. The molecule has 162 valence electrons. The Morgan fingerprint density at radius 1 is 1.12 bits per heavy atom. The molecule has 0 radical (unpaired) electrons. The highest BCUT2D eigenvalue weighted by atomic mass is 32.1. The van der Waals surface area contributed by atoms with E-state index in [-0.39, 0.29) is 11.7 Å². The lowest BCUT2D eigenvalue weighted by atomic mass is 10.1. The summed E-state index contributed by atoms with van der Waals surface area (Å²) in [4.78, 5) is 18.2. The molecule has 5 nitrogen and oxygen atoms in total. The molecule has 0 fully saturated rings. The zero-order valence-corrected chi connectivity index (χ0v) is 18.9. The Labute approximate surface area is 190 Å². The first-order valence-electron chi connectivity index (χ1n) is 10.2. The number of aromatic nitrogens is 3. The molecule has 0 aliphatic carbocycles. The Bertz CT molecular complexity index is 1250. The van der Waals surface area contributed by atoms with Crippen LogP contribution in [0.5, 0.6) is 0 Å². The third-order valence-electron chi connectivity index (χ3n) is 5.15. The summed E-state index contributed by atoms with van der Waals surface area (Å²) in [6.45, 7) is 4.10.